The first kappa shape index (κ1) is 21.2. The molecule has 1 aromatic carbocycles. The lowest BCUT2D eigenvalue weighted by atomic mass is 10.2. The Hall–Kier alpha value is -2.07. The number of alkyl halides is 3. The van der Waals surface area contributed by atoms with Gasteiger partial charge in [0.25, 0.3) is 11.8 Å². The van der Waals surface area contributed by atoms with Crippen LogP contribution in [0.15, 0.2) is 52.1 Å². The maximum Gasteiger partial charge on any atom is 0.447 e. The van der Waals surface area contributed by atoms with Gasteiger partial charge >= 0.3 is 5.51 Å². The average molecular weight is 462 g/mol. The van der Waals surface area contributed by atoms with E-state index in [1.54, 1.807) is 24.3 Å². The summed E-state index contributed by atoms with van der Waals surface area (Å²) in [4.78, 5) is 27.7. The van der Waals surface area contributed by atoms with Crippen molar-refractivity contribution in [2.45, 2.75) is 17.0 Å². The lowest BCUT2D eigenvalue weighted by molar-refractivity contribution is -0.0329. The van der Waals surface area contributed by atoms with Crippen LogP contribution in [-0.4, -0.2) is 35.4 Å². The molecule has 0 saturated carbocycles. The van der Waals surface area contributed by atoms with Gasteiger partial charge in [0, 0.05) is 41.1 Å². The van der Waals surface area contributed by atoms with Crippen LogP contribution < -0.4 is 10.6 Å². The summed E-state index contributed by atoms with van der Waals surface area (Å²) in [6.45, 7) is 0.505. The first-order chi connectivity index (χ1) is 12.8. The summed E-state index contributed by atoms with van der Waals surface area (Å²) in [5.41, 5.74) is -4.17. The molecule has 0 aliphatic heterocycles. The number of amides is 2. The first-order valence-corrected chi connectivity index (χ1v) is 9.40. The van der Waals surface area contributed by atoms with Gasteiger partial charge in [0.2, 0.25) is 0 Å². The number of halogens is 4. The van der Waals surface area contributed by atoms with Gasteiger partial charge in [-0.3, -0.25) is 9.59 Å². The van der Waals surface area contributed by atoms with Crippen LogP contribution in [0.25, 0.3) is 0 Å². The molecule has 144 valence electrons. The molecule has 2 aromatic rings. The molecule has 0 radical (unpaired) electrons. The first-order valence-electron chi connectivity index (χ1n) is 7.79. The Morgan fingerprint density at radius 3 is 2.44 bits per heavy atom. The third-order valence-corrected chi connectivity index (χ3v) is 4.48. The Labute approximate surface area is 166 Å². The number of carbonyl (C=O) groups excluding carboxylic acids is 2. The molecule has 1 aromatic heterocycles. The minimum atomic E-state index is -4.53. The highest BCUT2D eigenvalue weighted by Crippen LogP contribution is 2.37. The molecule has 2 N–H and O–H groups in total. The van der Waals surface area contributed by atoms with Gasteiger partial charge in [0.1, 0.15) is 5.03 Å². The SMILES string of the molecule is O=C(NCCCNC(=O)c1cccnc1SC(F)(F)F)c1cccc(Br)c1. The lowest BCUT2D eigenvalue weighted by Gasteiger charge is -2.10. The fraction of sp³-hybridized carbons (Fsp3) is 0.235. The van der Waals surface area contributed by atoms with Gasteiger partial charge in [-0.25, -0.2) is 4.98 Å². The summed E-state index contributed by atoms with van der Waals surface area (Å²) < 4.78 is 38.4. The van der Waals surface area contributed by atoms with Gasteiger partial charge in [-0.15, -0.1) is 0 Å². The van der Waals surface area contributed by atoms with E-state index in [2.05, 4.69) is 31.5 Å². The summed E-state index contributed by atoms with van der Waals surface area (Å²) in [6, 6.07) is 9.57. The van der Waals surface area contributed by atoms with Crippen LogP contribution in [0.2, 0.25) is 0 Å². The maximum absolute atomic E-state index is 12.5. The monoisotopic (exact) mass is 461 g/mol. The highest BCUT2D eigenvalue weighted by atomic mass is 79.9. The zero-order valence-electron chi connectivity index (χ0n) is 13.8. The number of carbonyl (C=O) groups is 2. The van der Waals surface area contributed by atoms with Crippen LogP contribution in [0.4, 0.5) is 13.2 Å². The predicted molar refractivity (Wildman–Crippen MR) is 99.6 cm³/mol. The zero-order valence-corrected chi connectivity index (χ0v) is 16.2. The number of hydrogen-bond acceptors (Lipinski definition) is 4. The molecule has 0 aliphatic rings. The van der Waals surface area contributed by atoms with Crippen LogP contribution in [0.3, 0.4) is 0 Å². The number of hydrogen-bond donors (Lipinski definition) is 2. The molecule has 5 nitrogen and oxygen atoms in total. The van der Waals surface area contributed by atoms with E-state index >= 15 is 0 Å². The molecular weight excluding hydrogens is 447 g/mol. The van der Waals surface area contributed by atoms with E-state index in [0.717, 1.165) is 4.47 Å². The van der Waals surface area contributed by atoms with Crippen molar-refractivity contribution < 1.29 is 22.8 Å². The van der Waals surface area contributed by atoms with E-state index in [4.69, 9.17) is 0 Å². The van der Waals surface area contributed by atoms with Crippen molar-refractivity contribution in [1.29, 1.82) is 0 Å². The summed E-state index contributed by atoms with van der Waals surface area (Å²) >= 11 is 2.85. The predicted octanol–water partition coefficient (Wildman–Crippen LogP) is 4.01. The van der Waals surface area contributed by atoms with Crippen LogP contribution in [0, 0.1) is 0 Å². The van der Waals surface area contributed by atoms with E-state index in [9.17, 15) is 22.8 Å². The van der Waals surface area contributed by atoms with Crippen molar-refractivity contribution in [3.63, 3.8) is 0 Å². The molecule has 0 saturated heterocycles. The van der Waals surface area contributed by atoms with E-state index in [1.807, 2.05) is 0 Å². The highest BCUT2D eigenvalue weighted by molar-refractivity contribution is 9.10. The summed E-state index contributed by atoms with van der Waals surface area (Å²) in [6.07, 6.45) is 1.62. The number of nitrogens with one attached hydrogen (secondary N) is 2. The van der Waals surface area contributed by atoms with E-state index in [1.165, 1.54) is 18.3 Å². The fourth-order valence-electron chi connectivity index (χ4n) is 2.07. The van der Waals surface area contributed by atoms with Crippen LogP contribution in [0.5, 0.6) is 0 Å². The largest absolute Gasteiger partial charge is 0.447 e. The van der Waals surface area contributed by atoms with Crippen molar-refractivity contribution in [3.05, 3.63) is 58.2 Å². The number of pyridine rings is 1. The molecule has 1 heterocycles. The Bertz CT molecular complexity index is 818. The third kappa shape index (κ3) is 7.22. The van der Waals surface area contributed by atoms with Crippen LogP contribution in [-0.2, 0) is 0 Å². The Kier molecular flexibility index (Phi) is 7.66. The second-order valence-corrected chi connectivity index (χ2v) is 7.25. The number of benzene rings is 1. The number of nitrogens with zero attached hydrogens (tertiary/aromatic N) is 1. The molecule has 10 heteroatoms. The van der Waals surface area contributed by atoms with E-state index in [0.29, 0.717) is 18.5 Å². The molecule has 0 fully saturated rings. The van der Waals surface area contributed by atoms with Crippen molar-refractivity contribution in [2.75, 3.05) is 13.1 Å². The Morgan fingerprint density at radius 2 is 1.78 bits per heavy atom. The van der Waals surface area contributed by atoms with Gasteiger partial charge in [-0.2, -0.15) is 13.2 Å². The molecule has 0 bridgehead atoms. The zero-order chi connectivity index (χ0) is 19.9. The van der Waals surface area contributed by atoms with E-state index < -0.39 is 28.2 Å². The minimum Gasteiger partial charge on any atom is -0.352 e. The van der Waals surface area contributed by atoms with Crippen molar-refractivity contribution in [2.24, 2.45) is 0 Å². The molecule has 2 amide bonds. The second kappa shape index (κ2) is 9.75. The number of thioether (sulfide) groups is 1. The second-order valence-electron chi connectivity index (χ2n) is 5.28. The summed E-state index contributed by atoms with van der Waals surface area (Å²) in [5.74, 6) is -0.896. The third-order valence-electron chi connectivity index (χ3n) is 3.24. The Balaban J connectivity index is 1.79. The Morgan fingerprint density at radius 1 is 1.07 bits per heavy atom. The highest BCUT2D eigenvalue weighted by Gasteiger charge is 2.32. The smallest absolute Gasteiger partial charge is 0.352 e. The molecule has 0 spiro atoms. The number of rotatable bonds is 7. The minimum absolute atomic E-state index is 0.141. The molecule has 27 heavy (non-hydrogen) atoms. The average Bonchev–Trinajstić information content (AvgIpc) is 2.60. The molecular formula is C17H15BrF3N3O2S. The molecule has 0 atom stereocenters. The van der Waals surface area contributed by atoms with Gasteiger partial charge < -0.3 is 10.6 Å². The molecule has 2 rings (SSSR count). The van der Waals surface area contributed by atoms with Crippen LogP contribution >= 0.6 is 27.7 Å². The standard InChI is InChI=1S/C17H15BrF3N3O2S/c18-12-5-1-4-11(10-12)14(25)22-8-3-9-23-15(26)13-6-2-7-24-16(13)27-17(19,20)21/h1-2,4-7,10H,3,8-9H2,(H,22,25)(H,23,26). The topological polar surface area (TPSA) is 71.1 Å². The summed E-state index contributed by atoms with van der Waals surface area (Å²) in [5, 5.41) is 4.84. The van der Waals surface area contributed by atoms with Crippen molar-refractivity contribution >= 4 is 39.5 Å². The van der Waals surface area contributed by atoms with Crippen molar-refractivity contribution in [3.8, 4) is 0 Å². The maximum atomic E-state index is 12.5. The number of aromatic nitrogens is 1. The fourth-order valence-corrected chi connectivity index (χ4v) is 3.08. The van der Waals surface area contributed by atoms with Crippen molar-refractivity contribution in [1.82, 2.24) is 15.6 Å². The molecule has 0 aliphatic carbocycles. The van der Waals surface area contributed by atoms with Gasteiger partial charge in [0.15, 0.2) is 0 Å². The van der Waals surface area contributed by atoms with Gasteiger partial charge in [-0.05, 0) is 36.8 Å². The summed E-state index contributed by atoms with van der Waals surface area (Å²) in [7, 11) is 0. The lowest BCUT2D eigenvalue weighted by Crippen LogP contribution is -2.30. The van der Waals surface area contributed by atoms with E-state index in [-0.39, 0.29) is 18.0 Å². The van der Waals surface area contributed by atoms with Gasteiger partial charge in [-0.1, -0.05) is 22.0 Å². The van der Waals surface area contributed by atoms with Gasteiger partial charge in [0.05, 0.1) is 5.56 Å². The quantitative estimate of drug-likeness (QED) is 0.482. The molecule has 0 unspecified atom stereocenters. The normalized spacial score (nSPS) is 11.1. The van der Waals surface area contributed by atoms with Crippen LogP contribution in [0.1, 0.15) is 27.1 Å².